The van der Waals surface area contributed by atoms with Crippen LogP contribution in [0.4, 0.5) is 0 Å². The summed E-state index contributed by atoms with van der Waals surface area (Å²) in [6, 6.07) is 7.83. The van der Waals surface area contributed by atoms with Crippen molar-refractivity contribution >= 4 is 5.91 Å². The normalized spacial score (nSPS) is 12.2. The first-order chi connectivity index (χ1) is 6.61. The van der Waals surface area contributed by atoms with E-state index in [0.717, 1.165) is 11.1 Å². The van der Waals surface area contributed by atoms with E-state index in [2.05, 4.69) is 5.32 Å². The Hall–Kier alpha value is -1.35. The summed E-state index contributed by atoms with van der Waals surface area (Å²) in [5.41, 5.74) is 2.21. The summed E-state index contributed by atoms with van der Waals surface area (Å²) in [4.78, 5) is 11.1. The highest BCUT2D eigenvalue weighted by Crippen LogP contribution is 2.05. The molecule has 0 aliphatic heterocycles. The summed E-state index contributed by atoms with van der Waals surface area (Å²) < 4.78 is 0. The molecule has 3 heteroatoms. The number of aliphatic hydroxyl groups is 1. The summed E-state index contributed by atoms with van der Waals surface area (Å²) in [6.45, 7) is 3.91. The lowest BCUT2D eigenvalue weighted by molar-refractivity contribution is -0.128. The van der Waals surface area contributed by atoms with Crippen LogP contribution in [0.5, 0.6) is 0 Å². The molecule has 0 radical (unpaired) electrons. The number of carbonyl (C=O) groups is 1. The van der Waals surface area contributed by atoms with Gasteiger partial charge in [0.25, 0.3) is 0 Å². The predicted molar refractivity (Wildman–Crippen MR) is 54.7 cm³/mol. The van der Waals surface area contributed by atoms with Gasteiger partial charge in [0.15, 0.2) is 0 Å². The zero-order valence-corrected chi connectivity index (χ0v) is 8.45. The van der Waals surface area contributed by atoms with E-state index in [4.69, 9.17) is 5.11 Å². The Balaban J connectivity index is 2.54. The van der Waals surface area contributed by atoms with Crippen LogP contribution in [0.3, 0.4) is 0 Å². The van der Waals surface area contributed by atoms with E-state index in [0.29, 0.717) is 6.54 Å². The zero-order valence-electron chi connectivity index (χ0n) is 8.45. The average Bonchev–Trinajstić information content (AvgIpc) is 2.16. The van der Waals surface area contributed by atoms with Gasteiger partial charge in [-0.15, -0.1) is 0 Å². The molecule has 0 fully saturated rings. The molecule has 0 aliphatic rings. The molecule has 0 bridgehead atoms. The first-order valence-corrected chi connectivity index (χ1v) is 4.61. The Morgan fingerprint density at radius 1 is 1.50 bits per heavy atom. The third-order valence-electron chi connectivity index (χ3n) is 2.09. The molecule has 0 saturated carbocycles. The van der Waals surface area contributed by atoms with E-state index in [1.807, 2.05) is 31.2 Å². The van der Waals surface area contributed by atoms with Gasteiger partial charge in [0, 0.05) is 6.54 Å². The van der Waals surface area contributed by atoms with E-state index < -0.39 is 6.10 Å². The summed E-state index contributed by atoms with van der Waals surface area (Å²) >= 11 is 0. The van der Waals surface area contributed by atoms with Crippen LogP contribution in [0.25, 0.3) is 0 Å². The van der Waals surface area contributed by atoms with Crippen molar-refractivity contribution < 1.29 is 9.90 Å². The molecule has 1 aromatic carbocycles. The Kier molecular flexibility index (Phi) is 3.65. The molecule has 1 unspecified atom stereocenters. The van der Waals surface area contributed by atoms with Gasteiger partial charge in [0.2, 0.25) is 5.91 Å². The number of nitrogens with one attached hydrogen (secondary N) is 1. The van der Waals surface area contributed by atoms with Gasteiger partial charge >= 0.3 is 0 Å². The molecule has 76 valence electrons. The van der Waals surface area contributed by atoms with E-state index in [-0.39, 0.29) is 5.91 Å². The number of hydrogen-bond donors (Lipinski definition) is 2. The van der Waals surface area contributed by atoms with Crippen LogP contribution >= 0.6 is 0 Å². The third-order valence-corrected chi connectivity index (χ3v) is 2.09. The fourth-order valence-electron chi connectivity index (χ4n) is 1.14. The average molecular weight is 193 g/mol. The number of amides is 1. The van der Waals surface area contributed by atoms with Crippen molar-refractivity contribution in [3.8, 4) is 0 Å². The van der Waals surface area contributed by atoms with Crippen LogP contribution in [0.15, 0.2) is 24.3 Å². The largest absolute Gasteiger partial charge is 0.384 e. The minimum absolute atomic E-state index is 0.340. The Morgan fingerprint density at radius 2 is 2.14 bits per heavy atom. The second-order valence-electron chi connectivity index (χ2n) is 3.32. The highest BCUT2D eigenvalue weighted by molar-refractivity contribution is 5.79. The van der Waals surface area contributed by atoms with E-state index in [1.54, 1.807) is 0 Å². The fourth-order valence-corrected chi connectivity index (χ4v) is 1.14. The molecule has 0 saturated heterocycles. The SMILES string of the molecule is Cc1ccccc1CNC(=O)C(C)O. The number of aliphatic hydroxyl groups excluding tert-OH is 1. The molecular weight excluding hydrogens is 178 g/mol. The molecule has 2 N–H and O–H groups in total. The molecule has 1 rings (SSSR count). The van der Waals surface area contributed by atoms with Crippen molar-refractivity contribution in [2.24, 2.45) is 0 Å². The Labute approximate surface area is 83.8 Å². The maximum absolute atomic E-state index is 11.1. The van der Waals surface area contributed by atoms with Gasteiger partial charge in [-0.2, -0.15) is 0 Å². The van der Waals surface area contributed by atoms with Crippen molar-refractivity contribution in [2.75, 3.05) is 0 Å². The summed E-state index contributed by atoms with van der Waals surface area (Å²) in [5, 5.41) is 11.6. The fraction of sp³-hybridized carbons (Fsp3) is 0.364. The first-order valence-electron chi connectivity index (χ1n) is 4.61. The lowest BCUT2D eigenvalue weighted by atomic mass is 10.1. The second-order valence-corrected chi connectivity index (χ2v) is 3.32. The lowest BCUT2D eigenvalue weighted by Crippen LogP contribution is -2.32. The van der Waals surface area contributed by atoms with E-state index in [1.165, 1.54) is 6.92 Å². The van der Waals surface area contributed by atoms with Crippen molar-refractivity contribution in [1.29, 1.82) is 0 Å². The number of carbonyl (C=O) groups excluding carboxylic acids is 1. The van der Waals surface area contributed by atoms with Gasteiger partial charge in [-0.3, -0.25) is 4.79 Å². The molecule has 0 aromatic heterocycles. The maximum Gasteiger partial charge on any atom is 0.248 e. The number of aryl methyl sites for hydroxylation is 1. The Bertz CT molecular complexity index is 321. The standard InChI is InChI=1S/C11H15NO2/c1-8-5-3-4-6-10(8)7-12-11(14)9(2)13/h3-6,9,13H,7H2,1-2H3,(H,12,14). The van der Waals surface area contributed by atoms with Crippen LogP contribution in [-0.2, 0) is 11.3 Å². The topological polar surface area (TPSA) is 49.3 Å². The molecule has 0 spiro atoms. The highest BCUT2D eigenvalue weighted by Gasteiger charge is 2.07. The van der Waals surface area contributed by atoms with Gasteiger partial charge in [0.1, 0.15) is 6.10 Å². The van der Waals surface area contributed by atoms with Crippen LogP contribution in [0, 0.1) is 6.92 Å². The van der Waals surface area contributed by atoms with Gasteiger partial charge in [-0.1, -0.05) is 24.3 Å². The van der Waals surface area contributed by atoms with Gasteiger partial charge < -0.3 is 10.4 Å². The van der Waals surface area contributed by atoms with Crippen molar-refractivity contribution in [3.05, 3.63) is 35.4 Å². The van der Waals surface area contributed by atoms with Crippen molar-refractivity contribution in [3.63, 3.8) is 0 Å². The maximum atomic E-state index is 11.1. The van der Waals surface area contributed by atoms with Crippen molar-refractivity contribution in [2.45, 2.75) is 26.5 Å². The van der Waals surface area contributed by atoms with Gasteiger partial charge in [0.05, 0.1) is 0 Å². The van der Waals surface area contributed by atoms with Crippen LogP contribution in [0.1, 0.15) is 18.1 Å². The number of hydrogen-bond acceptors (Lipinski definition) is 2. The Morgan fingerprint density at radius 3 is 2.71 bits per heavy atom. The summed E-state index contributed by atoms with van der Waals surface area (Å²) in [6.07, 6.45) is -0.945. The zero-order chi connectivity index (χ0) is 10.6. The smallest absolute Gasteiger partial charge is 0.248 e. The molecular formula is C11H15NO2. The quantitative estimate of drug-likeness (QED) is 0.752. The molecule has 0 heterocycles. The van der Waals surface area contributed by atoms with Crippen LogP contribution in [0.2, 0.25) is 0 Å². The lowest BCUT2D eigenvalue weighted by Gasteiger charge is -2.08. The summed E-state index contributed by atoms with van der Waals surface area (Å²) in [7, 11) is 0. The molecule has 14 heavy (non-hydrogen) atoms. The van der Waals surface area contributed by atoms with Gasteiger partial charge in [-0.25, -0.2) is 0 Å². The van der Waals surface area contributed by atoms with E-state index in [9.17, 15) is 4.79 Å². The van der Waals surface area contributed by atoms with Gasteiger partial charge in [-0.05, 0) is 25.0 Å². The minimum atomic E-state index is -0.945. The van der Waals surface area contributed by atoms with Crippen molar-refractivity contribution in [1.82, 2.24) is 5.32 Å². The molecule has 3 nitrogen and oxygen atoms in total. The molecule has 1 atom stereocenters. The monoisotopic (exact) mass is 193 g/mol. The predicted octanol–water partition coefficient (Wildman–Crippen LogP) is 0.992. The number of rotatable bonds is 3. The third kappa shape index (κ3) is 2.85. The second kappa shape index (κ2) is 4.77. The first kappa shape index (κ1) is 10.7. The van der Waals surface area contributed by atoms with E-state index >= 15 is 0 Å². The van der Waals surface area contributed by atoms with Crippen LogP contribution < -0.4 is 5.32 Å². The van der Waals surface area contributed by atoms with Crippen LogP contribution in [-0.4, -0.2) is 17.1 Å². The number of benzene rings is 1. The molecule has 1 amide bonds. The molecule has 1 aromatic rings. The minimum Gasteiger partial charge on any atom is -0.384 e. The highest BCUT2D eigenvalue weighted by atomic mass is 16.3. The molecule has 0 aliphatic carbocycles. The summed E-state index contributed by atoms with van der Waals surface area (Å²) in [5.74, 6) is -0.340.